The average molecular weight is 297 g/mol. The van der Waals surface area contributed by atoms with Gasteiger partial charge in [-0.25, -0.2) is 9.78 Å². The van der Waals surface area contributed by atoms with E-state index in [1.807, 2.05) is 46.1 Å². The van der Waals surface area contributed by atoms with Crippen molar-refractivity contribution in [2.75, 3.05) is 6.61 Å². The van der Waals surface area contributed by atoms with Crippen LogP contribution < -0.4 is 5.32 Å². The number of nitrogens with zero attached hydrogens (tertiary/aromatic N) is 2. The second-order valence-corrected chi connectivity index (χ2v) is 6.10. The number of hydrogen-bond acceptors (Lipinski definition) is 4. The lowest BCUT2D eigenvalue weighted by atomic mass is 10.2. The van der Waals surface area contributed by atoms with E-state index in [4.69, 9.17) is 9.47 Å². The SMILES string of the molecule is CCOC(C)Cn1cncc1[C@H](C)NC(=O)OC(C)(C)C. The molecule has 1 N–H and O–H groups in total. The van der Waals surface area contributed by atoms with Crippen LogP contribution in [0.25, 0.3) is 0 Å². The number of nitrogens with one attached hydrogen (secondary N) is 1. The predicted octanol–water partition coefficient (Wildman–Crippen LogP) is 2.89. The molecule has 1 amide bonds. The lowest BCUT2D eigenvalue weighted by Crippen LogP contribution is -2.35. The predicted molar refractivity (Wildman–Crippen MR) is 81.1 cm³/mol. The Morgan fingerprint density at radius 3 is 2.67 bits per heavy atom. The van der Waals surface area contributed by atoms with Gasteiger partial charge in [-0.1, -0.05) is 0 Å². The summed E-state index contributed by atoms with van der Waals surface area (Å²) in [6.07, 6.45) is 3.16. The van der Waals surface area contributed by atoms with Crippen molar-refractivity contribution in [1.29, 1.82) is 0 Å². The number of amides is 1. The zero-order chi connectivity index (χ0) is 16.0. The molecule has 1 unspecified atom stereocenters. The fourth-order valence-electron chi connectivity index (χ4n) is 2.02. The first kappa shape index (κ1) is 17.5. The van der Waals surface area contributed by atoms with E-state index in [1.54, 1.807) is 12.5 Å². The van der Waals surface area contributed by atoms with Gasteiger partial charge in [0.2, 0.25) is 0 Å². The second kappa shape index (κ2) is 7.45. The molecule has 6 nitrogen and oxygen atoms in total. The van der Waals surface area contributed by atoms with E-state index in [1.165, 1.54) is 0 Å². The molecule has 0 spiro atoms. The quantitative estimate of drug-likeness (QED) is 0.877. The van der Waals surface area contributed by atoms with Crippen molar-refractivity contribution in [3.05, 3.63) is 18.2 Å². The number of carbonyl (C=O) groups is 1. The summed E-state index contributed by atoms with van der Waals surface area (Å²) in [5, 5.41) is 2.82. The normalized spacial score (nSPS) is 14.6. The molecular formula is C15H27N3O3. The van der Waals surface area contributed by atoms with Crippen molar-refractivity contribution in [3.63, 3.8) is 0 Å². The van der Waals surface area contributed by atoms with Crippen LogP contribution in [0.5, 0.6) is 0 Å². The molecule has 1 heterocycles. The van der Waals surface area contributed by atoms with Gasteiger partial charge in [-0.05, 0) is 41.5 Å². The molecule has 0 aliphatic rings. The highest BCUT2D eigenvalue weighted by Gasteiger charge is 2.20. The van der Waals surface area contributed by atoms with Crippen LogP contribution in [0.2, 0.25) is 0 Å². The van der Waals surface area contributed by atoms with Gasteiger partial charge in [0.05, 0.1) is 30.4 Å². The summed E-state index contributed by atoms with van der Waals surface area (Å²) >= 11 is 0. The first-order chi connectivity index (χ1) is 9.73. The van der Waals surface area contributed by atoms with Gasteiger partial charge >= 0.3 is 6.09 Å². The number of ether oxygens (including phenoxy) is 2. The topological polar surface area (TPSA) is 65.4 Å². The molecule has 0 bridgehead atoms. The Kier molecular flexibility index (Phi) is 6.20. The van der Waals surface area contributed by atoms with Crippen molar-refractivity contribution in [1.82, 2.24) is 14.9 Å². The van der Waals surface area contributed by atoms with Crippen molar-refractivity contribution >= 4 is 6.09 Å². The van der Waals surface area contributed by atoms with Gasteiger partial charge < -0.3 is 19.4 Å². The van der Waals surface area contributed by atoms with Crippen molar-refractivity contribution in [3.8, 4) is 0 Å². The lowest BCUT2D eigenvalue weighted by Gasteiger charge is -2.23. The fraction of sp³-hybridized carbons (Fsp3) is 0.733. The van der Waals surface area contributed by atoms with Gasteiger partial charge in [-0.3, -0.25) is 0 Å². The maximum absolute atomic E-state index is 11.8. The molecule has 1 aromatic heterocycles. The van der Waals surface area contributed by atoms with Gasteiger partial charge in [0.25, 0.3) is 0 Å². The largest absolute Gasteiger partial charge is 0.444 e. The van der Waals surface area contributed by atoms with Crippen LogP contribution >= 0.6 is 0 Å². The summed E-state index contributed by atoms with van der Waals surface area (Å²) in [7, 11) is 0. The summed E-state index contributed by atoms with van der Waals surface area (Å²) in [4.78, 5) is 16.0. The minimum absolute atomic E-state index is 0.0941. The van der Waals surface area contributed by atoms with Crippen molar-refractivity contribution < 1.29 is 14.3 Å². The number of alkyl carbamates (subject to hydrolysis) is 1. The maximum atomic E-state index is 11.8. The molecule has 21 heavy (non-hydrogen) atoms. The van der Waals surface area contributed by atoms with Crippen molar-refractivity contribution in [2.45, 2.75) is 65.8 Å². The molecule has 120 valence electrons. The van der Waals surface area contributed by atoms with Crippen LogP contribution in [-0.4, -0.2) is 34.0 Å². The van der Waals surface area contributed by atoms with E-state index < -0.39 is 11.7 Å². The standard InChI is InChI=1S/C15H27N3O3/c1-7-20-11(2)9-18-10-16-8-13(18)12(3)17-14(19)21-15(4,5)6/h8,10-12H,7,9H2,1-6H3,(H,17,19)/t11?,12-/m0/s1. The third kappa shape index (κ3) is 6.16. The monoisotopic (exact) mass is 297 g/mol. The summed E-state index contributed by atoms with van der Waals surface area (Å²) in [5.74, 6) is 0. The molecule has 0 aromatic carbocycles. The number of hydrogen-bond donors (Lipinski definition) is 1. The summed E-state index contributed by atoms with van der Waals surface area (Å²) in [5.41, 5.74) is 0.417. The Morgan fingerprint density at radius 2 is 2.10 bits per heavy atom. The van der Waals surface area contributed by atoms with Gasteiger partial charge in [-0.15, -0.1) is 0 Å². The molecule has 0 radical (unpaired) electrons. The minimum atomic E-state index is -0.506. The molecular weight excluding hydrogens is 270 g/mol. The second-order valence-electron chi connectivity index (χ2n) is 6.10. The van der Waals surface area contributed by atoms with E-state index in [9.17, 15) is 4.79 Å². The number of imidazole rings is 1. The third-order valence-corrected chi connectivity index (χ3v) is 2.83. The maximum Gasteiger partial charge on any atom is 0.408 e. The molecule has 0 aliphatic heterocycles. The van der Waals surface area contributed by atoms with Crippen LogP contribution in [0.15, 0.2) is 12.5 Å². The Hall–Kier alpha value is -1.56. The molecule has 0 saturated heterocycles. The smallest absolute Gasteiger partial charge is 0.408 e. The Labute approximate surface area is 126 Å². The minimum Gasteiger partial charge on any atom is -0.444 e. The lowest BCUT2D eigenvalue weighted by molar-refractivity contribution is 0.0502. The average Bonchev–Trinajstić information content (AvgIpc) is 2.74. The van der Waals surface area contributed by atoms with Crippen LogP contribution in [0.3, 0.4) is 0 Å². The van der Waals surface area contributed by atoms with Gasteiger partial charge in [0, 0.05) is 13.2 Å². The molecule has 2 atom stereocenters. The molecule has 6 heteroatoms. The third-order valence-electron chi connectivity index (χ3n) is 2.83. The van der Waals surface area contributed by atoms with E-state index in [0.29, 0.717) is 13.2 Å². The van der Waals surface area contributed by atoms with E-state index in [0.717, 1.165) is 5.69 Å². The summed E-state index contributed by atoms with van der Waals surface area (Å²) < 4.78 is 12.8. The van der Waals surface area contributed by atoms with E-state index in [2.05, 4.69) is 10.3 Å². The first-order valence-electron chi connectivity index (χ1n) is 7.34. The van der Waals surface area contributed by atoms with Crippen LogP contribution in [0, 0.1) is 0 Å². The van der Waals surface area contributed by atoms with Gasteiger partial charge in [0.1, 0.15) is 5.60 Å². The Morgan fingerprint density at radius 1 is 1.43 bits per heavy atom. The fourth-order valence-corrected chi connectivity index (χ4v) is 2.02. The number of carbonyl (C=O) groups excluding carboxylic acids is 1. The highest BCUT2D eigenvalue weighted by atomic mass is 16.6. The summed E-state index contributed by atoms with van der Waals surface area (Å²) in [6, 6.07) is -0.184. The van der Waals surface area contributed by atoms with Gasteiger partial charge in [0.15, 0.2) is 0 Å². The highest BCUT2D eigenvalue weighted by Crippen LogP contribution is 2.14. The zero-order valence-electron chi connectivity index (χ0n) is 13.8. The summed E-state index contributed by atoms with van der Waals surface area (Å²) in [6.45, 7) is 12.8. The van der Waals surface area contributed by atoms with Crippen LogP contribution in [0.4, 0.5) is 4.79 Å². The highest BCUT2D eigenvalue weighted by molar-refractivity contribution is 5.68. The molecule has 0 fully saturated rings. The molecule has 1 aromatic rings. The number of rotatable bonds is 6. The van der Waals surface area contributed by atoms with E-state index in [-0.39, 0.29) is 12.1 Å². The molecule has 1 rings (SSSR count). The van der Waals surface area contributed by atoms with Gasteiger partial charge in [-0.2, -0.15) is 0 Å². The van der Waals surface area contributed by atoms with Crippen LogP contribution in [0.1, 0.15) is 53.3 Å². The first-order valence-corrected chi connectivity index (χ1v) is 7.34. The van der Waals surface area contributed by atoms with E-state index >= 15 is 0 Å². The molecule has 0 aliphatic carbocycles. The van der Waals surface area contributed by atoms with Crippen molar-refractivity contribution in [2.24, 2.45) is 0 Å². The Balaban J connectivity index is 2.64. The zero-order valence-corrected chi connectivity index (χ0v) is 13.8. The number of aromatic nitrogens is 2. The Bertz CT molecular complexity index is 451. The molecule has 0 saturated carbocycles. The van der Waals surface area contributed by atoms with Crippen LogP contribution in [-0.2, 0) is 16.0 Å².